The van der Waals surface area contributed by atoms with Crippen LogP contribution in [0.25, 0.3) is 0 Å². The summed E-state index contributed by atoms with van der Waals surface area (Å²) in [4.78, 5) is 35.4. The average molecular weight is 382 g/mol. The molecular formula is C23H26O5. The van der Waals surface area contributed by atoms with E-state index < -0.39 is 12.1 Å². The second-order valence-electron chi connectivity index (χ2n) is 7.45. The monoisotopic (exact) mass is 382 g/mol. The highest BCUT2D eigenvalue weighted by Gasteiger charge is 2.39. The quantitative estimate of drug-likeness (QED) is 0.309. The molecule has 28 heavy (non-hydrogen) atoms. The number of hydrogen-bond acceptors (Lipinski definition) is 5. The van der Waals surface area contributed by atoms with Gasteiger partial charge in [-0.05, 0) is 54.2 Å². The fourth-order valence-corrected chi connectivity index (χ4v) is 3.22. The summed E-state index contributed by atoms with van der Waals surface area (Å²) in [5, 5.41) is 0. The Labute approximate surface area is 165 Å². The minimum absolute atomic E-state index is 0.205. The number of Topliss-reactive ketones (excluding diaryl/α,β-unsaturated/α-hetero) is 1. The van der Waals surface area contributed by atoms with E-state index in [0.29, 0.717) is 17.7 Å². The molecule has 0 heterocycles. The van der Waals surface area contributed by atoms with E-state index in [0.717, 1.165) is 17.4 Å². The molecular weight excluding hydrogens is 356 g/mol. The Morgan fingerprint density at radius 2 is 1.93 bits per heavy atom. The van der Waals surface area contributed by atoms with E-state index in [9.17, 15) is 14.4 Å². The molecule has 0 bridgehead atoms. The third-order valence-corrected chi connectivity index (χ3v) is 4.71. The normalized spacial score (nSPS) is 19.6. The Morgan fingerprint density at radius 3 is 2.57 bits per heavy atom. The topological polar surface area (TPSA) is 69.7 Å². The van der Waals surface area contributed by atoms with Crippen LogP contribution in [0.1, 0.15) is 34.1 Å². The van der Waals surface area contributed by atoms with Crippen LogP contribution in [0.2, 0.25) is 0 Å². The summed E-state index contributed by atoms with van der Waals surface area (Å²) in [6, 6.07) is 8.96. The molecule has 1 aliphatic rings. The number of aldehydes is 1. The first kappa shape index (κ1) is 21.4. The number of allylic oxidation sites excluding steroid dienone is 5. The van der Waals surface area contributed by atoms with Crippen LogP contribution in [0.4, 0.5) is 0 Å². The molecule has 148 valence electrons. The van der Waals surface area contributed by atoms with Crippen LogP contribution in [0, 0.1) is 5.41 Å². The molecule has 5 nitrogen and oxygen atoms in total. The van der Waals surface area contributed by atoms with E-state index in [1.165, 1.54) is 6.08 Å². The highest BCUT2D eigenvalue weighted by molar-refractivity contribution is 6.01. The number of benzene rings is 1. The molecule has 0 saturated carbocycles. The number of ketones is 1. The molecule has 1 atom stereocenters. The number of carbonyl (C=O) groups is 3. The minimum Gasteiger partial charge on any atom is -0.482 e. The van der Waals surface area contributed by atoms with E-state index in [2.05, 4.69) is 0 Å². The smallest absolute Gasteiger partial charge is 0.344 e. The number of carbonyl (C=O) groups excluding carboxylic acids is 3. The molecule has 5 heteroatoms. The lowest BCUT2D eigenvalue weighted by atomic mass is 9.71. The zero-order chi connectivity index (χ0) is 20.7. The molecule has 1 aromatic carbocycles. The van der Waals surface area contributed by atoms with Gasteiger partial charge in [-0.15, -0.1) is 0 Å². The maximum atomic E-state index is 12.7. The summed E-state index contributed by atoms with van der Waals surface area (Å²) in [5.41, 5.74) is 1.88. The van der Waals surface area contributed by atoms with E-state index in [4.69, 9.17) is 9.47 Å². The van der Waals surface area contributed by atoms with Crippen LogP contribution < -0.4 is 4.74 Å². The Kier molecular flexibility index (Phi) is 7.10. The average Bonchev–Trinajstić information content (AvgIpc) is 2.65. The van der Waals surface area contributed by atoms with Gasteiger partial charge in [0, 0.05) is 6.42 Å². The Morgan fingerprint density at radius 1 is 1.25 bits per heavy atom. The van der Waals surface area contributed by atoms with Crippen molar-refractivity contribution in [2.75, 3.05) is 6.61 Å². The first-order valence-electron chi connectivity index (χ1n) is 9.17. The highest BCUT2D eigenvalue weighted by Crippen LogP contribution is 2.40. The van der Waals surface area contributed by atoms with Crippen molar-refractivity contribution in [1.29, 1.82) is 0 Å². The van der Waals surface area contributed by atoms with Gasteiger partial charge >= 0.3 is 5.97 Å². The molecule has 1 aliphatic carbocycles. The van der Waals surface area contributed by atoms with Gasteiger partial charge in [-0.2, -0.15) is 0 Å². The van der Waals surface area contributed by atoms with Crippen molar-refractivity contribution in [1.82, 2.24) is 0 Å². The third-order valence-electron chi connectivity index (χ3n) is 4.71. The standard InChI is InChI=1S/C23H26O5/c1-16(12-13-24)10-11-19-17(2)22(26)20(14-23(19,3)4)28-21(25)15-27-18-8-6-5-7-9-18/h5-13,20H,14-15H2,1-4H3. The third kappa shape index (κ3) is 5.52. The van der Waals surface area contributed by atoms with Crippen LogP contribution in [0.3, 0.4) is 0 Å². The van der Waals surface area contributed by atoms with Crippen LogP contribution in [-0.4, -0.2) is 30.7 Å². The lowest BCUT2D eigenvalue weighted by Crippen LogP contribution is -2.39. The lowest BCUT2D eigenvalue weighted by molar-refractivity contribution is -0.158. The van der Waals surface area contributed by atoms with Crippen molar-refractivity contribution < 1.29 is 23.9 Å². The molecule has 0 radical (unpaired) electrons. The number of para-hydroxylation sites is 1. The van der Waals surface area contributed by atoms with Gasteiger partial charge in [-0.25, -0.2) is 4.79 Å². The number of ether oxygens (including phenoxy) is 2. The van der Waals surface area contributed by atoms with Gasteiger partial charge in [-0.3, -0.25) is 9.59 Å². The zero-order valence-corrected chi connectivity index (χ0v) is 16.7. The molecule has 0 fully saturated rings. The van der Waals surface area contributed by atoms with Gasteiger partial charge < -0.3 is 9.47 Å². The lowest BCUT2D eigenvalue weighted by Gasteiger charge is -2.36. The maximum Gasteiger partial charge on any atom is 0.344 e. The number of hydrogen-bond donors (Lipinski definition) is 0. The Hall–Kier alpha value is -2.95. The van der Waals surface area contributed by atoms with Crippen molar-refractivity contribution in [3.05, 3.63) is 65.3 Å². The summed E-state index contributed by atoms with van der Waals surface area (Å²) in [7, 11) is 0. The van der Waals surface area contributed by atoms with Crippen molar-refractivity contribution in [2.24, 2.45) is 5.41 Å². The van der Waals surface area contributed by atoms with Crippen molar-refractivity contribution in [3.63, 3.8) is 0 Å². The Bertz CT molecular complexity index is 828. The van der Waals surface area contributed by atoms with E-state index in [-0.39, 0.29) is 17.8 Å². The van der Waals surface area contributed by atoms with Crippen LogP contribution in [0.15, 0.2) is 65.3 Å². The van der Waals surface area contributed by atoms with Crippen molar-refractivity contribution >= 4 is 18.0 Å². The van der Waals surface area contributed by atoms with Crippen molar-refractivity contribution in [2.45, 2.75) is 40.2 Å². The molecule has 2 rings (SSSR count). The van der Waals surface area contributed by atoms with Crippen molar-refractivity contribution in [3.8, 4) is 5.75 Å². The van der Waals surface area contributed by atoms with Gasteiger partial charge in [0.25, 0.3) is 0 Å². The summed E-state index contributed by atoms with van der Waals surface area (Å²) in [5.74, 6) is -0.212. The first-order valence-corrected chi connectivity index (χ1v) is 9.17. The summed E-state index contributed by atoms with van der Waals surface area (Å²) < 4.78 is 10.8. The Balaban J connectivity index is 2.08. The van der Waals surface area contributed by atoms with E-state index in [1.54, 1.807) is 19.1 Å². The molecule has 0 aromatic heterocycles. The summed E-state index contributed by atoms with van der Waals surface area (Å²) in [6.07, 6.45) is 5.41. The van der Waals surface area contributed by atoms with Gasteiger partial charge in [0.2, 0.25) is 0 Å². The molecule has 0 spiro atoms. The molecule has 0 amide bonds. The first-order chi connectivity index (χ1) is 13.2. The molecule has 1 aromatic rings. The van der Waals surface area contributed by atoms with Crippen LogP contribution in [-0.2, 0) is 19.1 Å². The largest absolute Gasteiger partial charge is 0.482 e. The summed E-state index contributed by atoms with van der Waals surface area (Å²) in [6.45, 7) is 7.31. The van der Waals surface area contributed by atoms with Crippen LogP contribution in [0.5, 0.6) is 5.75 Å². The van der Waals surface area contributed by atoms with Crippen LogP contribution >= 0.6 is 0 Å². The molecule has 0 N–H and O–H groups in total. The SMILES string of the molecule is CC(C=CC1=C(C)C(=O)C(OC(=O)COc2ccccc2)CC1(C)C)=CC=O. The summed E-state index contributed by atoms with van der Waals surface area (Å²) >= 11 is 0. The van der Waals surface area contributed by atoms with Gasteiger partial charge in [-0.1, -0.05) is 44.2 Å². The second kappa shape index (κ2) is 9.31. The fraction of sp³-hybridized carbons (Fsp3) is 0.348. The molecule has 0 saturated heterocycles. The van der Waals surface area contributed by atoms with Gasteiger partial charge in [0.05, 0.1) is 0 Å². The predicted octanol–water partition coefficient (Wildman–Crippen LogP) is 3.99. The fourth-order valence-electron chi connectivity index (χ4n) is 3.22. The number of esters is 1. The molecule has 0 aliphatic heterocycles. The predicted molar refractivity (Wildman–Crippen MR) is 107 cm³/mol. The number of rotatable bonds is 7. The van der Waals surface area contributed by atoms with Gasteiger partial charge in [0.15, 0.2) is 18.5 Å². The van der Waals surface area contributed by atoms with E-state index >= 15 is 0 Å². The molecule has 1 unspecified atom stereocenters. The maximum absolute atomic E-state index is 12.7. The zero-order valence-electron chi connectivity index (χ0n) is 16.7. The van der Waals surface area contributed by atoms with Gasteiger partial charge in [0.1, 0.15) is 12.0 Å². The minimum atomic E-state index is -0.828. The highest BCUT2D eigenvalue weighted by atomic mass is 16.6. The second-order valence-corrected chi connectivity index (χ2v) is 7.45. The van der Waals surface area contributed by atoms with E-state index in [1.807, 2.05) is 51.1 Å².